The van der Waals surface area contributed by atoms with Gasteiger partial charge < -0.3 is 30.4 Å². The Labute approximate surface area is 252 Å². The third-order valence-electron chi connectivity index (χ3n) is 7.58. The number of ether oxygens (including phenoxy) is 3. The van der Waals surface area contributed by atoms with Crippen molar-refractivity contribution in [2.24, 2.45) is 11.1 Å². The van der Waals surface area contributed by atoms with Gasteiger partial charge >= 0.3 is 0 Å². The zero-order valence-electron chi connectivity index (χ0n) is 24.7. The number of nitrogens with two attached hydrogens (primary N) is 1. The molecule has 1 amide bonds. The summed E-state index contributed by atoms with van der Waals surface area (Å²) in [6.07, 6.45) is 3.20. The normalized spacial score (nSPS) is 13.0. The maximum absolute atomic E-state index is 12.5. The third-order valence-corrected chi connectivity index (χ3v) is 7.58. The van der Waals surface area contributed by atoms with E-state index in [9.17, 15) is 9.90 Å². The fraction of sp³-hybridized carbons (Fsp3) is 0.314. The predicted octanol–water partition coefficient (Wildman–Crippen LogP) is 6.11. The summed E-state index contributed by atoms with van der Waals surface area (Å²) in [7, 11) is 0. The van der Waals surface area contributed by atoms with Crippen molar-refractivity contribution in [3.8, 4) is 45.5 Å². The van der Waals surface area contributed by atoms with E-state index in [1.807, 2.05) is 36.4 Å². The Hall–Kier alpha value is -4.56. The number of aromatic hydroxyl groups is 1. The van der Waals surface area contributed by atoms with Crippen molar-refractivity contribution >= 4 is 5.91 Å². The summed E-state index contributed by atoms with van der Waals surface area (Å²) >= 11 is 0. The monoisotopic (exact) mass is 581 g/mol. The van der Waals surface area contributed by atoms with Gasteiger partial charge in [-0.2, -0.15) is 0 Å². The Morgan fingerprint density at radius 2 is 1.67 bits per heavy atom. The van der Waals surface area contributed by atoms with Gasteiger partial charge in [-0.05, 0) is 78.1 Å². The number of fused-ring (bicyclic) bond motifs is 1. The van der Waals surface area contributed by atoms with Crippen molar-refractivity contribution in [1.29, 1.82) is 0 Å². The number of nitrogens with one attached hydrogen (secondary N) is 1. The standard InChI is InChI=1S/C35H39N3O5/c1-35(2,22-37-34(40)29(36)20-24-8-15-28(39)16-9-24)18-3-4-19-41-33-7-5-6-30(38-33)26-12-10-25(11-13-26)27-14-17-31-32(21-27)43-23-42-31/h5-17,21,29,39H,3-4,18-20,22-23,36H2,1-2H3,(H,37,40). The molecule has 1 aliphatic heterocycles. The largest absolute Gasteiger partial charge is 0.508 e. The van der Waals surface area contributed by atoms with Gasteiger partial charge in [0.2, 0.25) is 18.6 Å². The molecule has 5 rings (SSSR count). The number of rotatable bonds is 13. The first-order valence-corrected chi connectivity index (χ1v) is 14.7. The van der Waals surface area contributed by atoms with Crippen molar-refractivity contribution in [2.45, 2.75) is 45.6 Å². The van der Waals surface area contributed by atoms with Gasteiger partial charge in [-0.15, -0.1) is 0 Å². The molecule has 0 saturated heterocycles. The molecule has 8 nitrogen and oxygen atoms in total. The summed E-state index contributed by atoms with van der Waals surface area (Å²) in [4.78, 5) is 17.2. The molecule has 1 unspecified atom stereocenters. The molecule has 4 aromatic rings. The average Bonchev–Trinajstić information content (AvgIpc) is 3.49. The minimum atomic E-state index is -0.634. The summed E-state index contributed by atoms with van der Waals surface area (Å²) in [6.45, 7) is 5.66. The molecule has 0 fully saturated rings. The van der Waals surface area contributed by atoms with Gasteiger partial charge in [0.25, 0.3) is 0 Å². The maximum Gasteiger partial charge on any atom is 0.237 e. The highest BCUT2D eigenvalue weighted by Crippen LogP contribution is 2.36. The van der Waals surface area contributed by atoms with Crippen LogP contribution in [-0.2, 0) is 11.2 Å². The van der Waals surface area contributed by atoms with Crippen LogP contribution in [0.25, 0.3) is 22.4 Å². The summed E-state index contributed by atoms with van der Waals surface area (Å²) in [5.74, 6) is 2.17. The van der Waals surface area contributed by atoms with Crippen LogP contribution in [0.15, 0.2) is 84.9 Å². The number of benzene rings is 3. The molecule has 0 bridgehead atoms. The summed E-state index contributed by atoms with van der Waals surface area (Å²) in [5, 5.41) is 12.4. The van der Waals surface area contributed by atoms with E-state index in [0.717, 1.165) is 58.7 Å². The second kappa shape index (κ2) is 13.6. The topological polar surface area (TPSA) is 116 Å². The number of hydrogen-bond donors (Lipinski definition) is 3. The summed E-state index contributed by atoms with van der Waals surface area (Å²) < 4.78 is 16.9. The zero-order chi connectivity index (χ0) is 30.2. The van der Waals surface area contributed by atoms with Crippen molar-refractivity contribution in [3.05, 3.63) is 90.5 Å². The SMILES string of the molecule is CC(C)(CCCCOc1cccc(-c2ccc(-c3ccc4c(c3)OCO4)cc2)n1)CNC(=O)C(N)Cc1ccc(O)cc1. The Morgan fingerprint density at radius 1 is 0.953 bits per heavy atom. The number of amides is 1. The fourth-order valence-corrected chi connectivity index (χ4v) is 4.97. The molecule has 0 saturated carbocycles. The van der Waals surface area contributed by atoms with Crippen LogP contribution in [0.5, 0.6) is 23.1 Å². The van der Waals surface area contributed by atoms with Crippen LogP contribution in [-0.4, -0.2) is 42.0 Å². The summed E-state index contributed by atoms with van der Waals surface area (Å²) in [5.41, 5.74) is 11.0. The van der Waals surface area contributed by atoms with Crippen LogP contribution in [0.1, 0.15) is 38.7 Å². The van der Waals surface area contributed by atoms with Gasteiger partial charge in [-0.3, -0.25) is 4.79 Å². The number of nitrogens with zero attached hydrogens (tertiary/aromatic N) is 1. The van der Waals surface area contributed by atoms with Crippen molar-refractivity contribution in [2.75, 3.05) is 19.9 Å². The van der Waals surface area contributed by atoms with Gasteiger partial charge in [0.05, 0.1) is 18.3 Å². The lowest BCUT2D eigenvalue weighted by Crippen LogP contribution is -2.45. The van der Waals surface area contributed by atoms with E-state index in [0.29, 0.717) is 25.5 Å². The highest BCUT2D eigenvalue weighted by Gasteiger charge is 2.21. The third kappa shape index (κ3) is 8.26. The lowest BCUT2D eigenvalue weighted by molar-refractivity contribution is -0.122. The van der Waals surface area contributed by atoms with E-state index < -0.39 is 6.04 Å². The molecule has 43 heavy (non-hydrogen) atoms. The molecule has 1 atom stereocenters. The number of carbonyl (C=O) groups excluding carboxylic acids is 1. The Morgan fingerprint density at radius 3 is 2.47 bits per heavy atom. The molecule has 8 heteroatoms. The number of pyridine rings is 1. The number of aromatic nitrogens is 1. The first-order chi connectivity index (χ1) is 20.8. The molecule has 224 valence electrons. The molecule has 3 aromatic carbocycles. The highest BCUT2D eigenvalue weighted by atomic mass is 16.7. The second-order valence-electron chi connectivity index (χ2n) is 11.7. The number of carbonyl (C=O) groups is 1. The number of phenolic OH excluding ortho intramolecular Hbond substituents is 1. The zero-order valence-corrected chi connectivity index (χ0v) is 24.7. The lowest BCUT2D eigenvalue weighted by atomic mass is 9.87. The van der Waals surface area contributed by atoms with Crippen molar-refractivity contribution in [3.63, 3.8) is 0 Å². The van der Waals surface area contributed by atoms with E-state index in [1.165, 1.54) is 0 Å². The van der Waals surface area contributed by atoms with Gasteiger partial charge in [-0.25, -0.2) is 4.98 Å². The molecule has 2 heterocycles. The fourth-order valence-electron chi connectivity index (χ4n) is 4.97. The summed E-state index contributed by atoms with van der Waals surface area (Å²) in [6, 6.07) is 26.2. The van der Waals surface area contributed by atoms with Gasteiger partial charge in [0.1, 0.15) is 5.75 Å². The van der Waals surface area contributed by atoms with E-state index in [4.69, 9.17) is 24.9 Å². The lowest BCUT2D eigenvalue weighted by Gasteiger charge is -2.26. The molecule has 4 N–H and O–H groups in total. The molecule has 1 aromatic heterocycles. The van der Waals surface area contributed by atoms with Crippen LogP contribution in [0.2, 0.25) is 0 Å². The second-order valence-corrected chi connectivity index (χ2v) is 11.7. The molecule has 0 radical (unpaired) electrons. The van der Waals surface area contributed by atoms with Crippen LogP contribution in [0, 0.1) is 5.41 Å². The smallest absolute Gasteiger partial charge is 0.237 e. The van der Waals surface area contributed by atoms with E-state index in [-0.39, 0.29) is 23.9 Å². The van der Waals surface area contributed by atoms with Crippen LogP contribution in [0.4, 0.5) is 0 Å². The first-order valence-electron chi connectivity index (χ1n) is 14.7. The number of hydrogen-bond acceptors (Lipinski definition) is 7. The van der Waals surface area contributed by atoms with Crippen LogP contribution < -0.4 is 25.3 Å². The Bertz CT molecular complexity index is 1520. The van der Waals surface area contributed by atoms with Crippen LogP contribution >= 0.6 is 0 Å². The van der Waals surface area contributed by atoms with Gasteiger partial charge in [-0.1, -0.05) is 62.4 Å². The van der Waals surface area contributed by atoms with E-state index in [2.05, 4.69) is 43.4 Å². The minimum absolute atomic E-state index is 0.0706. The maximum atomic E-state index is 12.5. The van der Waals surface area contributed by atoms with Crippen molar-refractivity contribution in [1.82, 2.24) is 10.3 Å². The van der Waals surface area contributed by atoms with Gasteiger partial charge in [0, 0.05) is 18.2 Å². The van der Waals surface area contributed by atoms with Crippen molar-refractivity contribution < 1.29 is 24.1 Å². The molecule has 0 aliphatic carbocycles. The number of unbranched alkanes of at least 4 members (excludes halogenated alkanes) is 1. The average molecular weight is 582 g/mol. The molecule has 1 aliphatic rings. The quantitative estimate of drug-likeness (QED) is 0.163. The van der Waals surface area contributed by atoms with E-state index in [1.54, 1.807) is 24.3 Å². The van der Waals surface area contributed by atoms with Crippen LogP contribution in [0.3, 0.4) is 0 Å². The Kier molecular flexibility index (Phi) is 9.47. The first kappa shape index (κ1) is 29.9. The van der Waals surface area contributed by atoms with Gasteiger partial charge in [0.15, 0.2) is 11.5 Å². The number of phenols is 1. The molecule has 0 spiro atoms. The molecular weight excluding hydrogens is 542 g/mol. The molecular formula is C35H39N3O5. The van der Waals surface area contributed by atoms with E-state index >= 15 is 0 Å². The minimum Gasteiger partial charge on any atom is -0.508 e. The Balaban J connectivity index is 1.04. The highest BCUT2D eigenvalue weighted by molar-refractivity contribution is 5.81. The predicted molar refractivity (Wildman–Crippen MR) is 167 cm³/mol.